The summed E-state index contributed by atoms with van der Waals surface area (Å²) in [6.07, 6.45) is 0.706. The molecule has 1 rings (SSSR count). The third kappa shape index (κ3) is 5.21. The fraction of sp³-hybridized carbons (Fsp3) is 0.429. The van der Waals surface area contributed by atoms with Crippen molar-refractivity contribution < 1.29 is 8.42 Å². The summed E-state index contributed by atoms with van der Waals surface area (Å²) in [7, 11) is -3.55. The second-order valence-electron chi connectivity index (χ2n) is 4.61. The van der Waals surface area contributed by atoms with Gasteiger partial charge in [0.15, 0.2) is 0 Å². The molecule has 0 saturated carbocycles. The summed E-state index contributed by atoms with van der Waals surface area (Å²) in [5, 5.41) is 0. The van der Waals surface area contributed by atoms with E-state index < -0.39 is 10.2 Å². The van der Waals surface area contributed by atoms with Gasteiger partial charge in [-0.05, 0) is 44.0 Å². The van der Waals surface area contributed by atoms with Crippen LogP contribution in [0.1, 0.15) is 31.9 Å². The number of benzene rings is 1. The predicted octanol–water partition coefficient (Wildman–Crippen LogP) is 1.21. The van der Waals surface area contributed by atoms with Crippen molar-refractivity contribution in [3.63, 3.8) is 0 Å². The average Bonchev–Trinajstić information content (AvgIpc) is 2.35. The van der Waals surface area contributed by atoms with Crippen molar-refractivity contribution in [3.8, 4) is 11.8 Å². The Morgan fingerprint density at radius 3 is 2.60 bits per heavy atom. The highest BCUT2D eigenvalue weighted by atomic mass is 32.2. The molecule has 0 heterocycles. The van der Waals surface area contributed by atoms with Gasteiger partial charge in [0.1, 0.15) is 0 Å². The van der Waals surface area contributed by atoms with Gasteiger partial charge in [0.25, 0.3) is 10.2 Å². The summed E-state index contributed by atoms with van der Waals surface area (Å²) in [5.74, 6) is 5.71. The molecular weight excluding hydrogens is 274 g/mol. The van der Waals surface area contributed by atoms with Crippen LogP contribution in [0.2, 0.25) is 0 Å². The van der Waals surface area contributed by atoms with Crippen LogP contribution in [0, 0.1) is 11.8 Å². The Kier molecular flexibility index (Phi) is 6.02. The van der Waals surface area contributed by atoms with Gasteiger partial charge in [-0.2, -0.15) is 13.1 Å². The number of nitrogens with two attached hydrogens (primary N) is 1. The Bertz CT molecular complexity index is 613. The third-order valence-corrected chi connectivity index (χ3v) is 3.73. The SMILES string of the molecule is CCc1cc(C#CCN)ccc1NS(=O)(=O)NC(C)C. The van der Waals surface area contributed by atoms with E-state index in [0.717, 1.165) is 11.1 Å². The monoisotopic (exact) mass is 295 g/mol. The van der Waals surface area contributed by atoms with Gasteiger partial charge in [-0.1, -0.05) is 18.8 Å². The zero-order chi connectivity index (χ0) is 15.2. The van der Waals surface area contributed by atoms with E-state index in [4.69, 9.17) is 5.73 Å². The first kappa shape index (κ1) is 16.5. The molecule has 0 fully saturated rings. The van der Waals surface area contributed by atoms with Gasteiger partial charge in [0, 0.05) is 11.6 Å². The first-order valence-electron chi connectivity index (χ1n) is 6.50. The van der Waals surface area contributed by atoms with Gasteiger partial charge < -0.3 is 5.73 Å². The van der Waals surface area contributed by atoms with E-state index in [2.05, 4.69) is 21.3 Å². The number of nitrogens with one attached hydrogen (secondary N) is 2. The topological polar surface area (TPSA) is 84.2 Å². The van der Waals surface area contributed by atoms with Crippen LogP contribution in [0.15, 0.2) is 18.2 Å². The molecule has 5 nitrogen and oxygen atoms in total. The van der Waals surface area contributed by atoms with Crippen LogP contribution >= 0.6 is 0 Å². The van der Waals surface area contributed by atoms with Crippen molar-refractivity contribution in [3.05, 3.63) is 29.3 Å². The Morgan fingerprint density at radius 2 is 2.05 bits per heavy atom. The molecule has 0 aliphatic carbocycles. The molecular formula is C14H21N3O2S. The van der Waals surface area contributed by atoms with Crippen molar-refractivity contribution in [2.24, 2.45) is 5.73 Å². The van der Waals surface area contributed by atoms with Crippen molar-refractivity contribution >= 4 is 15.9 Å². The van der Waals surface area contributed by atoms with Crippen LogP contribution in [0.25, 0.3) is 0 Å². The van der Waals surface area contributed by atoms with Crippen LogP contribution in [0.4, 0.5) is 5.69 Å². The van der Waals surface area contributed by atoms with Crippen LogP contribution in [-0.2, 0) is 16.6 Å². The zero-order valence-corrected chi connectivity index (χ0v) is 12.8. The van der Waals surface area contributed by atoms with Gasteiger partial charge in [-0.3, -0.25) is 4.72 Å². The van der Waals surface area contributed by atoms with Gasteiger partial charge in [0.2, 0.25) is 0 Å². The smallest absolute Gasteiger partial charge is 0.299 e. The highest BCUT2D eigenvalue weighted by molar-refractivity contribution is 7.90. The van der Waals surface area contributed by atoms with Gasteiger partial charge in [-0.25, -0.2) is 0 Å². The van der Waals surface area contributed by atoms with E-state index in [1.807, 2.05) is 13.0 Å². The van der Waals surface area contributed by atoms with E-state index in [9.17, 15) is 8.42 Å². The summed E-state index contributed by atoms with van der Waals surface area (Å²) in [4.78, 5) is 0. The normalized spacial score (nSPS) is 11.1. The molecule has 0 saturated heterocycles. The molecule has 0 bridgehead atoms. The highest BCUT2D eigenvalue weighted by Gasteiger charge is 2.13. The van der Waals surface area contributed by atoms with Crippen molar-refractivity contribution in [2.45, 2.75) is 33.2 Å². The first-order valence-corrected chi connectivity index (χ1v) is 7.98. The van der Waals surface area contributed by atoms with E-state index >= 15 is 0 Å². The van der Waals surface area contributed by atoms with Crippen molar-refractivity contribution in [2.75, 3.05) is 11.3 Å². The van der Waals surface area contributed by atoms with Crippen molar-refractivity contribution in [1.82, 2.24) is 4.72 Å². The summed E-state index contributed by atoms with van der Waals surface area (Å²) >= 11 is 0. The number of hydrogen-bond donors (Lipinski definition) is 3. The summed E-state index contributed by atoms with van der Waals surface area (Å²) in [6.45, 7) is 5.80. The molecule has 0 aliphatic rings. The van der Waals surface area contributed by atoms with Crippen LogP contribution in [0.3, 0.4) is 0 Å². The quantitative estimate of drug-likeness (QED) is 0.714. The minimum absolute atomic E-state index is 0.160. The Hall–Kier alpha value is -1.55. The highest BCUT2D eigenvalue weighted by Crippen LogP contribution is 2.19. The molecule has 110 valence electrons. The maximum absolute atomic E-state index is 11.9. The molecule has 4 N–H and O–H groups in total. The molecule has 6 heteroatoms. The Labute approximate surface area is 121 Å². The second-order valence-corrected chi connectivity index (χ2v) is 6.06. The molecule has 1 aromatic carbocycles. The summed E-state index contributed by atoms with van der Waals surface area (Å²) < 4.78 is 28.8. The number of aryl methyl sites for hydroxylation is 1. The molecule has 0 aliphatic heterocycles. The van der Waals surface area contributed by atoms with E-state index in [1.165, 1.54) is 0 Å². The van der Waals surface area contributed by atoms with E-state index in [0.29, 0.717) is 18.7 Å². The molecule has 0 radical (unpaired) electrons. The maximum Gasteiger partial charge on any atom is 0.299 e. The van der Waals surface area contributed by atoms with Crippen LogP contribution in [-0.4, -0.2) is 21.0 Å². The first-order chi connectivity index (χ1) is 9.38. The molecule has 0 atom stereocenters. The predicted molar refractivity (Wildman–Crippen MR) is 82.6 cm³/mol. The molecule has 0 spiro atoms. The Morgan fingerprint density at radius 1 is 1.35 bits per heavy atom. The third-order valence-electron chi connectivity index (χ3n) is 2.46. The lowest BCUT2D eigenvalue weighted by Gasteiger charge is -2.14. The van der Waals surface area contributed by atoms with Crippen molar-refractivity contribution in [1.29, 1.82) is 0 Å². The largest absolute Gasteiger partial charge is 0.320 e. The lowest BCUT2D eigenvalue weighted by molar-refractivity contribution is 0.575. The molecule has 0 aromatic heterocycles. The number of rotatable bonds is 5. The van der Waals surface area contributed by atoms with Crippen LogP contribution in [0.5, 0.6) is 0 Å². The van der Waals surface area contributed by atoms with Gasteiger partial charge >= 0.3 is 0 Å². The fourth-order valence-corrected chi connectivity index (χ4v) is 2.87. The minimum atomic E-state index is -3.55. The zero-order valence-electron chi connectivity index (χ0n) is 12.0. The molecule has 0 unspecified atom stereocenters. The lowest BCUT2D eigenvalue weighted by Crippen LogP contribution is -2.35. The average molecular weight is 295 g/mol. The standard InChI is InChI=1S/C14H21N3O2S/c1-4-13-10-12(6-5-9-15)7-8-14(13)17-20(18,19)16-11(2)3/h7-8,10-11,16-17H,4,9,15H2,1-3H3. The molecule has 1 aromatic rings. The number of hydrogen-bond acceptors (Lipinski definition) is 3. The van der Waals surface area contributed by atoms with Gasteiger partial charge in [0.05, 0.1) is 12.2 Å². The summed E-state index contributed by atoms with van der Waals surface area (Å²) in [5.41, 5.74) is 7.62. The lowest BCUT2D eigenvalue weighted by atomic mass is 10.1. The number of anilines is 1. The summed E-state index contributed by atoms with van der Waals surface area (Å²) in [6, 6.07) is 5.21. The van der Waals surface area contributed by atoms with E-state index in [-0.39, 0.29) is 6.04 Å². The maximum atomic E-state index is 11.9. The second kappa shape index (κ2) is 7.29. The minimum Gasteiger partial charge on any atom is -0.320 e. The van der Waals surface area contributed by atoms with Crippen LogP contribution < -0.4 is 15.2 Å². The fourth-order valence-electron chi connectivity index (χ4n) is 1.70. The molecule has 20 heavy (non-hydrogen) atoms. The van der Waals surface area contributed by atoms with E-state index in [1.54, 1.807) is 26.0 Å². The Balaban J connectivity index is 3.02. The molecule has 0 amide bonds. The van der Waals surface area contributed by atoms with Gasteiger partial charge in [-0.15, -0.1) is 0 Å².